The predicted octanol–water partition coefficient (Wildman–Crippen LogP) is 1.46. The minimum absolute atomic E-state index is 0.549. The minimum Gasteiger partial charge on any atom is -0.364 e. The minimum atomic E-state index is 0.549. The maximum atomic E-state index is 4.37. The summed E-state index contributed by atoms with van der Waals surface area (Å²) in [5.41, 5.74) is 3.50. The second-order valence-electron chi connectivity index (χ2n) is 3.61. The largest absolute Gasteiger partial charge is 0.364 e. The van der Waals surface area contributed by atoms with Crippen LogP contribution in [0, 0.1) is 0 Å². The predicted molar refractivity (Wildman–Crippen MR) is 70.7 cm³/mol. The molecular weight excluding hydrogens is 250 g/mol. The van der Waals surface area contributed by atoms with Crippen LogP contribution in [0.15, 0.2) is 17.1 Å². The van der Waals surface area contributed by atoms with Crippen molar-refractivity contribution in [2.24, 2.45) is 0 Å². The van der Waals surface area contributed by atoms with Crippen molar-refractivity contribution in [3.63, 3.8) is 0 Å². The standard InChI is InChI=1S/C10H11N7S/c1-11-10-15-8(7-3-14-17-9(7)16-10)12-2-6-4-18-5-13-6/h3-5H,2H2,1H3,(H3,11,12,14,15,16,17). The van der Waals surface area contributed by atoms with Crippen LogP contribution in [-0.2, 0) is 6.54 Å². The molecular formula is C10H11N7S. The highest BCUT2D eigenvalue weighted by Gasteiger charge is 2.08. The first-order valence-corrected chi connectivity index (χ1v) is 6.31. The Bertz CT molecular complexity index is 645. The second kappa shape index (κ2) is 4.57. The molecule has 0 saturated carbocycles. The van der Waals surface area contributed by atoms with E-state index < -0.39 is 0 Å². The smallest absolute Gasteiger partial charge is 0.226 e. The summed E-state index contributed by atoms with van der Waals surface area (Å²) in [6, 6.07) is 0. The number of hydrogen-bond donors (Lipinski definition) is 3. The number of nitrogens with zero attached hydrogens (tertiary/aromatic N) is 4. The van der Waals surface area contributed by atoms with Gasteiger partial charge in [0.2, 0.25) is 5.95 Å². The topological polar surface area (TPSA) is 91.4 Å². The molecule has 0 atom stereocenters. The number of fused-ring (bicyclic) bond motifs is 1. The van der Waals surface area contributed by atoms with E-state index in [4.69, 9.17) is 0 Å². The van der Waals surface area contributed by atoms with Crippen LogP contribution < -0.4 is 10.6 Å². The van der Waals surface area contributed by atoms with Crippen LogP contribution in [0.4, 0.5) is 11.8 Å². The first kappa shape index (κ1) is 10.9. The molecule has 0 amide bonds. The van der Waals surface area contributed by atoms with Gasteiger partial charge in [0, 0.05) is 12.4 Å². The van der Waals surface area contributed by atoms with E-state index in [1.54, 1.807) is 24.6 Å². The van der Waals surface area contributed by atoms with Gasteiger partial charge < -0.3 is 10.6 Å². The second-order valence-corrected chi connectivity index (χ2v) is 4.33. The number of anilines is 2. The van der Waals surface area contributed by atoms with Gasteiger partial charge in [0.15, 0.2) is 5.65 Å². The lowest BCUT2D eigenvalue weighted by Crippen LogP contribution is -2.05. The molecule has 18 heavy (non-hydrogen) atoms. The first-order valence-electron chi connectivity index (χ1n) is 5.36. The van der Waals surface area contributed by atoms with E-state index in [-0.39, 0.29) is 0 Å². The van der Waals surface area contributed by atoms with Gasteiger partial charge in [0.05, 0.1) is 29.3 Å². The summed E-state index contributed by atoms with van der Waals surface area (Å²) in [7, 11) is 1.78. The maximum Gasteiger partial charge on any atom is 0.226 e. The molecule has 3 aromatic heterocycles. The number of H-pyrrole nitrogens is 1. The lowest BCUT2D eigenvalue weighted by molar-refractivity contribution is 1.05. The van der Waals surface area contributed by atoms with Gasteiger partial charge in [-0.05, 0) is 0 Å². The zero-order chi connectivity index (χ0) is 12.4. The van der Waals surface area contributed by atoms with E-state index in [0.717, 1.165) is 16.9 Å². The molecule has 3 rings (SSSR count). The highest BCUT2D eigenvalue weighted by molar-refractivity contribution is 7.07. The molecule has 0 spiro atoms. The highest BCUT2D eigenvalue weighted by atomic mass is 32.1. The lowest BCUT2D eigenvalue weighted by atomic mass is 10.4. The summed E-state index contributed by atoms with van der Waals surface area (Å²) < 4.78 is 0. The number of aromatic amines is 1. The van der Waals surface area contributed by atoms with Crippen molar-refractivity contribution >= 4 is 34.1 Å². The molecule has 3 heterocycles. The third-order valence-corrected chi connectivity index (χ3v) is 3.09. The fourth-order valence-electron chi connectivity index (χ4n) is 1.58. The molecule has 0 bridgehead atoms. The summed E-state index contributed by atoms with van der Waals surface area (Å²) in [6.07, 6.45) is 1.71. The number of hydrogen-bond acceptors (Lipinski definition) is 7. The van der Waals surface area contributed by atoms with Crippen molar-refractivity contribution in [2.45, 2.75) is 6.54 Å². The zero-order valence-corrected chi connectivity index (χ0v) is 10.5. The molecule has 0 radical (unpaired) electrons. The summed E-state index contributed by atoms with van der Waals surface area (Å²) in [4.78, 5) is 12.9. The molecule has 0 aliphatic rings. The summed E-state index contributed by atoms with van der Waals surface area (Å²) in [5, 5.41) is 15.8. The van der Waals surface area contributed by atoms with Crippen LogP contribution in [0.25, 0.3) is 11.0 Å². The average molecular weight is 261 g/mol. The molecule has 0 aromatic carbocycles. The molecule has 0 fully saturated rings. The normalized spacial score (nSPS) is 10.7. The average Bonchev–Trinajstić information content (AvgIpc) is 3.06. The van der Waals surface area contributed by atoms with E-state index >= 15 is 0 Å². The quantitative estimate of drug-likeness (QED) is 0.658. The molecule has 3 N–H and O–H groups in total. The number of nitrogens with one attached hydrogen (secondary N) is 3. The Labute approximate surface area is 107 Å². The fourth-order valence-corrected chi connectivity index (χ4v) is 2.14. The molecule has 0 aliphatic heterocycles. The van der Waals surface area contributed by atoms with Gasteiger partial charge >= 0.3 is 0 Å². The molecule has 3 aromatic rings. The Morgan fingerprint density at radius 2 is 2.33 bits per heavy atom. The number of thiazole rings is 1. The van der Waals surface area contributed by atoms with Gasteiger partial charge in [-0.1, -0.05) is 0 Å². The van der Waals surface area contributed by atoms with Crippen molar-refractivity contribution in [1.29, 1.82) is 0 Å². The molecule has 92 valence electrons. The van der Waals surface area contributed by atoms with E-state index in [1.807, 2.05) is 10.9 Å². The summed E-state index contributed by atoms with van der Waals surface area (Å²) >= 11 is 1.57. The molecule has 0 unspecified atom stereocenters. The zero-order valence-electron chi connectivity index (χ0n) is 9.64. The SMILES string of the molecule is CNc1nc(NCc2cscn2)c2cn[nH]c2n1. The van der Waals surface area contributed by atoms with Gasteiger partial charge in [-0.15, -0.1) is 11.3 Å². The van der Waals surface area contributed by atoms with Crippen LogP contribution in [0.3, 0.4) is 0 Å². The van der Waals surface area contributed by atoms with Crippen molar-refractivity contribution in [3.8, 4) is 0 Å². The van der Waals surface area contributed by atoms with Crippen molar-refractivity contribution in [1.82, 2.24) is 25.1 Å². The summed E-state index contributed by atoms with van der Waals surface area (Å²) in [5.74, 6) is 1.29. The number of aromatic nitrogens is 5. The van der Waals surface area contributed by atoms with Crippen LogP contribution in [0.2, 0.25) is 0 Å². The fraction of sp³-hybridized carbons (Fsp3) is 0.200. The summed E-state index contributed by atoms with van der Waals surface area (Å²) in [6.45, 7) is 0.629. The van der Waals surface area contributed by atoms with E-state index in [9.17, 15) is 0 Å². The molecule has 7 nitrogen and oxygen atoms in total. The van der Waals surface area contributed by atoms with Crippen LogP contribution in [0.1, 0.15) is 5.69 Å². The Kier molecular flexibility index (Phi) is 2.77. The number of rotatable bonds is 4. The Hall–Kier alpha value is -2.22. The van der Waals surface area contributed by atoms with Gasteiger partial charge in [-0.3, -0.25) is 5.10 Å². The lowest BCUT2D eigenvalue weighted by Gasteiger charge is -2.06. The maximum absolute atomic E-state index is 4.37. The van der Waals surface area contributed by atoms with Crippen LogP contribution >= 0.6 is 11.3 Å². The van der Waals surface area contributed by atoms with Crippen LogP contribution in [-0.4, -0.2) is 32.2 Å². The van der Waals surface area contributed by atoms with E-state index in [0.29, 0.717) is 18.1 Å². The molecule has 8 heteroatoms. The Morgan fingerprint density at radius 1 is 1.39 bits per heavy atom. The van der Waals surface area contributed by atoms with E-state index in [2.05, 4.69) is 35.8 Å². The van der Waals surface area contributed by atoms with Crippen molar-refractivity contribution in [2.75, 3.05) is 17.7 Å². The third-order valence-electron chi connectivity index (χ3n) is 2.45. The van der Waals surface area contributed by atoms with Gasteiger partial charge in [0.25, 0.3) is 0 Å². The molecule has 0 saturated heterocycles. The van der Waals surface area contributed by atoms with Crippen LogP contribution in [0.5, 0.6) is 0 Å². The van der Waals surface area contributed by atoms with E-state index in [1.165, 1.54) is 0 Å². The third kappa shape index (κ3) is 1.97. The van der Waals surface area contributed by atoms with Crippen molar-refractivity contribution in [3.05, 3.63) is 22.8 Å². The Morgan fingerprint density at radius 3 is 3.11 bits per heavy atom. The van der Waals surface area contributed by atoms with Gasteiger partial charge in [0.1, 0.15) is 5.82 Å². The highest BCUT2D eigenvalue weighted by Crippen LogP contribution is 2.20. The Balaban J connectivity index is 1.92. The first-order chi connectivity index (χ1) is 8.86. The molecule has 0 aliphatic carbocycles. The monoisotopic (exact) mass is 261 g/mol. The van der Waals surface area contributed by atoms with Gasteiger partial charge in [-0.25, -0.2) is 4.98 Å². The van der Waals surface area contributed by atoms with Crippen molar-refractivity contribution < 1.29 is 0 Å². The van der Waals surface area contributed by atoms with Gasteiger partial charge in [-0.2, -0.15) is 15.1 Å².